The minimum Gasteiger partial charge on any atom is -0.507 e. The monoisotopic (exact) mass is 505 g/mol. The molecule has 4 rings (SSSR count). The number of hydrogen-bond acceptors (Lipinski definition) is 6. The van der Waals surface area contributed by atoms with Crippen LogP contribution in [0.5, 0.6) is 5.75 Å². The Balaban J connectivity index is 1.94. The summed E-state index contributed by atoms with van der Waals surface area (Å²) < 4.78 is 10.1. The number of carbonyl (C=O) groups is 3. The largest absolute Gasteiger partial charge is 0.507 e. The van der Waals surface area contributed by atoms with Crippen molar-refractivity contribution in [3.63, 3.8) is 0 Å². The summed E-state index contributed by atoms with van der Waals surface area (Å²) in [5, 5.41) is 11.6. The lowest BCUT2D eigenvalue weighted by molar-refractivity contribution is -0.132. The summed E-state index contributed by atoms with van der Waals surface area (Å²) in [4.78, 5) is 40.1. The number of aryl methyl sites for hydroxylation is 1. The third kappa shape index (κ3) is 4.45. The van der Waals surface area contributed by atoms with E-state index in [1.807, 2.05) is 31.2 Å². The molecular weight excluding hydrogens is 482 g/mol. The average Bonchev–Trinajstić information content (AvgIpc) is 3.18. The molecule has 1 N–H and O–H groups in total. The number of rotatable bonds is 6. The van der Waals surface area contributed by atoms with Gasteiger partial charge in [-0.05, 0) is 53.9 Å². The highest BCUT2D eigenvalue weighted by Gasteiger charge is 2.47. The molecule has 0 saturated carbocycles. The molecule has 0 bridgehead atoms. The maximum absolute atomic E-state index is 13.4. The van der Waals surface area contributed by atoms with Crippen LogP contribution in [0.1, 0.15) is 40.0 Å². The van der Waals surface area contributed by atoms with Crippen LogP contribution in [-0.4, -0.2) is 37.0 Å². The first-order chi connectivity index (χ1) is 17.3. The van der Waals surface area contributed by atoms with E-state index in [2.05, 4.69) is 0 Å². The highest BCUT2D eigenvalue weighted by Crippen LogP contribution is 2.43. The molecule has 3 aromatic rings. The summed E-state index contributed by atoms with van der Waals surface area (Å²) in [7, 11) is 2.70. The maximum Gasteiger partial charge on any atom is 0.337 e. The number of aliphatic hydroxyl groups is 1. The highest BCUT2D eigenvalue weighted by atomic mass is 35.5. The molecule has 0 radical (unpaired) electrons. The van der Waals surface area contributed by atoms with E-state index >= 15 is 0 Å². The van der Waals surface area contributed by atoms with E-state index in [0.29, 0.717) is 22.0 Å². The number of halogens is 1. The first-order valence-corrected chi connectivity index (χ1v) is 11.6. The minimum absolute atomic E-state index is 0.0860. The molecule has 1 heterocycles. The van der Waals surface area contributed by atoms with Crippen LogP contribution in [0.3, 0.4) is 0 Å². The number of amides is 1. The fraction of sp³-hybridized carbons (Fsp3) is 0.179. The first kappa shape index (κ1) is 25.0. The maximum atomic E-state index is 13.4. The van der Waals surface area contributed by atoms with Crippen LogP contribution in [0.2, 0.25) is 5.02 Å². The van der Waals surface area contributed by atoms with Crippen molar-refractivity contribution in [3.8, 4) is 5.75 Å². The number of ketones is 1. The molecule has 1 amide bonds. The van der Waals surface area contributed by atoms with Crippen LogP contribution in [-0.2, 0) is 20.7 Å². The van der Waals surface area contributed by atoms with Crippen molar-refractivity contribution in [3.05, 3.63) is 99.6 Å². The van der Waals surface area contributed by atoms with E-state index < -0.39 is 23.7 Å². The second kappa shape index (κ2) is 10.3. The number of aliphatic hydroxyl groups excluding tert-OH is 1. The number of Topliss-reactive ketones (excluding diaryl/α,β-unsaturated/α-hetero) is 1. The van der Waals surface area contributed by atoms with E-state index in [-0.39, 0.29) is 22.5 Å². The van der Waals surface area contributed by atoms with Gasteiger partial charge in [-0.15, -0.1) is 0 Å². The van der Waals surface area contributed by atoms with E-state index in [9.17, 15) is 19.5 Å². The zero-order valence-electron chi connectivity index (χ0n) is 19.9. The molecule has 1 aliphatic heterocycles. The summed E-state index contributed by atoms with van der Waals surface area (Å²) in [6.45, 7) is 2.02. The van der Waals surface area contributed by atoms with Gasteiger partial charge < -0.3 is 14.6 Å². The van der Waals surface area contributed by atoms with Crippen LogP contribution in [0.25, 0.3) is 5.76 Å². The van der Waals surface area contributed by atoms with Crippen molar-refractivity contribution in [1.29, 1.82) is 0 Å². The van der Waals surface area contributed by atoms with Crippen molar-refractivity contribution in [2.75, 3.05) is 19.1 Å². The lowest BCUT2D eigenvalue weighted by Gasteiger charge is -2.26. The predicted octanol–water partition coefficient (Wildman–Crippen LogP) is 5.32. The van der Waals surface area contributed by atoms with Crippen molar-refractivity contribution >= 4 is 40.7 Å². The van der Waals surface area contributed by atoms with E-state index in [0.717, 1.165) is 12.0 Å². The van der Waals surface area contributed by atoms with Gasteiger partial charge in [0.2, 0.25) is 0 Å². The zero-order chi connectivity index (χ0) is 26.0. The van der Waals surface area contributed by atoms with Gasteiger partial charge in [0.15, 0.2) is 0 Å². The van der Waals surface area contributed by atoms with Crippen molar-refractivity contribution < 1.29 is 29.0 Å². The van der Waals surface area contributed by atoms with Crippen molar-refractivity contribution in [2.45, 2.75) is 19.4 Å². The highest BCUT2D eigenvalue weighted by molar-refractivity contribution is 6.51. The van der Waals surface area contributed by atoms with Gasteiger partial charge >= 0.3 is 5.97 Å². The number of nitrogens with zero attached hydrogens (tertiary/aromatic N) is 1. The van der Waals surface area contributed by atoms with Crippen LogP contribution in [0.15, 0.2) is 72.3 Å². The van der Waals surface area contributed by atoms with Gasteiger partial charge in [-0.2, -0.15) is 0 Å². The molecule has 1 fully saturated rings. The van der Waals surface area contributed by atoms with Gasteiger partial charge in [-0.1, -0.05) is 48.9 Å². The third-order valence-corrected chi connectivity index (χ3v) is 6.43. The van der Waals surface area contributed by atoms with Crippen LogP contribution >= 0.6 is 11.6 Å². The number of ether oxygens (including phenoxy) is 2. The molecule has 8 heteroatoms. The Kier molecular flexibility index (Phi) is 7.12. The summed E-state index contributed by atoms with van der Waals surface area (Å²) in [6, 6.07) is 17.4. The van der Waals surface area contributed by atoms with E-state index in [1.54, 1.807) is 24.3 Å². The molecule has 36 heavy (non-hydrogen) atoms. The Morgan fingerprint density at radius 2 is 1.72 bits per heavy atom. The molecule has 0 spiro atoms. The first-order valence-electron chi connectivity index (χ1n) is 11.2. The standard InChI is InChI=1S/C28H24ClNO6/c1-4-16-8-10-17(11-9-16)24-23(25(31)18-12-13-21(29)22(15-18)35-2)26(32)27(33)30(24)20-7-5-6-19(14-20)28(34)36-3/h5-15,24,31H,4H2,1-3H3/b25-23+. The number of esters is 1. The molecule has 1 saturated heterocycles. The summed E-state index contributed by atoms with van der Waals surface area (Å²) >= 11 is 6.13. The Morgan fingerprint density at radius 1 is 1.00 bits per heavy atom. The lowest BCUT2D eigenvalue weighted by atomic mass is 9.94. The third-order valence-electron chi connectivity index (χ3n) is 6.12. The Bertz CT molecular complexity index is 1380. The molecule has 1 unspecified atom stereocenters. The summed E-state index contributed by atoms with van der Waals surface area (Å²) in [6.07, 6.45) is 0.812. The van der Waals surface area contributed by atoms with Crippen LogP contribution in [0.4, 0.5) is 5.69 Å². The number of hydrogen-bond donors (Lipinski definition) is 1. The quantitative estimate of drug-likeness (QED) is 0.211. The molecule has 3 aromatic carbocycles. The summed E-state index contributed by atoms with van der Waals surface area (Å²) in [5.74, 6) is -2.31. The molecule has 184 valence electrons. The van der Waals surface area contributed by atoms with Crippen molar-refractivity contribution in [1.82, 2.24) is 0 Å². The SMILES string of the molecule is CCc1ccc(C2/C(=C(\O)c3ccc(Cl)c(OC)c3)C(=O)C(=O)N2c2cccc(C(=O)OC)c2)cc1. The molecular formula is C28H24ClNO6. The van der Waals surface area contributed by atoms with Gasteiger partial charge in [-0.3, -0.25) is 14.5 Å². The number of carbonyl (C=O) groups excluding carboxylic acids is 3. The topological polar surface area (TPSA) is 93.1 Å². The fourth-order valence-corrected chi connectivity index (χ4v) is 4.41. The van der Waals surface area contributed by atoms with Gasteiger partial charge in [0.05, 0.1) is 36.4 Å². The smallest absolute Gasteiger partial charge is 0.337 e. The minimum atomic E-state index is -0.939. The van der Waals surface area contributed by atoms with Gasteiger partial charge in [0, 0.05) is 11.3 Å². The van der Waals surface area contributed by atoms with E-state index in [1.165, 1.54) is 37.3 Å². The van der Waals surface area contributed by atoms with Crippen molar-refractivity contribution in [2.24, 2.45) is 0 Å². The second-order valence-corrected chi connectivity index (χ2v) is 8.56. The van der Waals surface area contributed by atoms with Gasteiger partial charge in [0.25, 0.3) is 11.7 Å². The lowest BCUT2D eigenvalue weighted by Crippen LogP contribution is -2.29. The molecule has 7 nitrogen and oxygen atoms in total. The van der Waals surface area contributed by atoms with Gasteiger partial charge in [-0.25, -0.2) is 4.79 Å². The number of methoxy groups -OCH3 is 2. The van der Waals surface area contributed by atoms with Crippen LogP contribution in [0, 0.1) is 0 Å². The Labute approximate surface area is 213 Å². The van der Waals surface area contributed by atoms with Gasteiger partial charge in [0.1, 0.15) is 11.5 Å². The molecule has 0 aromatic heterocycles. The van der Waals surface area contributed by atoms with Crippen LogP contribution < -0.4 is 9.64 Å². The molecule has 1 atom stereocenters. The average molecular weight is 506 g/mol. The Morgan fingerprint density at radius 3 is 2.36 bits per heavy atom. The predicted molar refractivity (Wildman–Crippen MR) is 136 cm³/mol. The van der Waals surface area contributed by atoms with E-state index in [4.69, 9.17) is 21.1 Å². The molecule has 1 aliphatic rings. The second-order valence-electron chi connectivity index (χ2n) is 8.16. The summed E-state index contributed by atoms with van der Waals surface area (Å²) in [5.41, 5.74) is 2.42. The zero-order valence-corrected chi connectivity index (χ0v) is 20.7. The normalized spacial score (nSPS) is 16.8. The number of benzene rings is 3. The Hall–Kier alpha value is -4.10. The fourth-order valence-electron chi connectivity index (χ4n) is 4.21. The number of anilines is 1. The molecule has 0 aliphatic carbocycles.